The van der Waals surface area contributed by atoms with Crippen molar-refractivity contribution in [3.63, 3.8) is 0 Å². The average molecular weight is 716 g/mol. The van der Waals surface area contributed by atoms with Crippen LogP contribution >= 0.6 is 0 Å². The monoisotopic (exact) mass is 715 g/mol. The summed E-state index contributed by atoms with van der Waals surface area (Å²) in [6.07, 6.45) is 5.79. The second kappa shape index (κ2) is 13.7. The van der Waals surface area contributed by atoms with Crippen LogP contribution in [0.1, 0.15) is 58.8 Å². The van der Waals surface area contributed by atoms with E-state index in [1.165, 1.54) is 30.3 Å². The molecule has 0 radical (unpaired) electrons. The number of rotatable bonds is 7. The summed E-state index contributed by atoms with van der Waals surface area (Å²) < 4.78 is 53.7. The van der Waals surface area contributed by atoms with Crippen LogP contribution in [0.2, 0.25) is 0 Å². The lowest BCUT2D eigenvalue weighted by Gasteiger charge is -2.32. The van der Waals surface area contributed by atoms with Gasteiger partial charge < -0.3 is 30.1 Å². The van der Waals surface area contributed by atoms with Crippen LogP contribution < -0.4 is 24.8 Å². The molecule has 7 atom stereocenters. The van der Waals surface area contributed by atoms with Crippen molar-refractivity contribution < 1.29 is 46.6 Å². The molecule has 270 valence electrons. The Morgan fingerprint density at radius 1 is 1.16 bits per heavy atom. The van der Waals surface area contributed by atoms with Crippen LogP contribution in [0.5, 0.6) is 11.6 Å². The summed E-state index contributed by atoms with van der Waals surface area (Å²) in [6, 6.07) is 1.95. The van der Waals surface area contributed by atoms with Gasteiger partial charge in [-0.1, -0.05) is 26.0 Å². The van der Waals surface area contributed by atoms with Crippen molar-refractivity contribution in [2.45, 2.75) is 87.8 Å². The van der Waals surface area contributed by atoms with Crippen molar-refractivity contribution in [2.75, 3.05) is 13.7 Å². The molecule has 0 spiro atoms. The number of allylic oxidation sites excluding steroid dienone is 1. The number of carboxylic acid groups (broad SMARTS) is 1. The molecule has 0 unspecified atom stereocenters. The van der Waals surface area contributed by atoms with Gasteiger partial charge in [0.05, 0.1) is 18.9 Å². The molecule has 6 rings (SSSR count). The smallest absolute Gasteiger partial charge is 0.405 e. The molecule has 2 saturated carbocycles. The third kappa shape index (κ3) is 7.21. The molecule has 14 nitrogen and oxygen atoms in total. The largest absolute Gasteiger partial charge is 0.494 e. The Hall–Kier alpha value is -4.47. The minimum atomic E-state index is -3.92. The number of fused-ring (bicyclic) bond motifs is 3. The lowest BCUT2D eigenvalue weighted by atomic mass is 9.88. The zero-order valence-electron chi connectivity index (χ0n) is 28.1. The van der Waals surface area contributed by atoms with E-state index >= 15 is 0 Å². The highest BCUT2D eigenvalue weighted by atomic mass is 32.2. The summed E-state index contributed by atoms with van der Waals surface area (Å²) >= 11 is 0. The van der Waals surface area contributed by atoms with Crippen molar-refractivity contribution in [1.82, 2.24) is 25.2 Å². The Labute approximate surface area is 289 Å². The number of nitrogens with zero attached hydrogens (tertiary/aromatic N) is 2. The van der Waals surface area contributed by atoms with Gasteiger partial charge in [0, 0.05) is 23.9 Å². The number of ether oxygens (including phenoxy) is 2. The molecule has 16 heteroatoms. The van der Waals surface area contributed by atoms with Gasteiger partial charge in [-0.05, 0) is 73.9 Å². The zero-order valence-corrected chi connectivity index (χ0v) is 28.9. The van der Waals surface area contributed by atoms with E-state index in [1.807, 2.05) is 19.1 Å². The number of carbonyl (C=O) groups excluding carboxylic acids is 3. The third-order valence-electron chi connectivity index (χ3n) is 10.2. The highest BCUT2D eigenvalue weighted by molar-refractivity contribution is 7.91. The van der Waals surface area contributed by atoms with Crippen LogP contribution in [0.15, 0.2) is 36.5 Å². The van der Waals surface area contributed by atoms with Crippen molar-refractivity contribution >= 4 is 44.6 Å². The van der Waals surface area contributed by atoms with Crippen LogP contribution in [-0.4, -0.2) is 89.9 Å². The van der Waals surface area contributed by atoms with E-state index in [-0.39, 0.29) is 36.9 Å². The predicted molar refractivity (Wildman–Crippen MR) is 178 cm³/mol. The molecule has 2 aromatic rings. The van der Waals surface area contributed by atoms with Crippen LogP contribution in [0.25, 0.3) is 10.8 Å². The quantitative estimate of drug-likeness (QED) is 0.310. The summed E-state index contributed by atoms with van der Waals surface area (Å²) in [6.45, 7) is 3.64. The SMILES string of the molecule is COc1cc2ccnc(O[C@@H]3C[C@H]4C(=O)N[C@]5(C(=O)NS(=O)(=O)C6CC6)C[C@H]5C=CCC[C@@H](C)C[C@@H](C)[C@H](NC(=O)O)C(=O)N4C3)c2cc1F. The number of amides is 4. The molecule has 4 N–H and O–H groups in total. The molecule has 1 aromatic carbocycles. The molecular weight excluding hydrogens is 673 g/mol. The highest BCUT2D eigenvalue weighted by Crippen LogP contribution is 2.46. The average Bonchev–Trinajstić information content (AvgIpc) is 3.98. The first-order valence-corrected chi connectivity index (χ1v) is 18.4. The van der Waals surface area contributed by atoms with Crippen molar-refractivity contribution in [3.05, 3.63) is 42.4 Å². The fourth-order valence-corrected chi connectivity index (χ4v) is 8.55. The summed E-state index contributed by atoms with van der Waals surface area (Å²) in [5.74, 6) is -3.58. The number of pyridine rings is 1. The van der Waals surface area contributed by atoms with Gasteiger partial charge in [0.2, 0.25) is 27.7 Å². The lowest BCUT2D eigenvalue weighted by Crippen LogP contribution is -2.59. The number of carbonyl (C=O) groups is 4. The van der Waals surface area contributed by atoms with Gasteiger partial charge in [-0.25, -0.2) is 22.6 Å². The minimum Gasteiger partial charge on any atom is -0.494 e. The molecule has 4 aliphatic rings. The Morgan fingerprint density at radius 3 is 2.62 bits per heavy atom. The van der Waals surface area contributed by atoms with E-state index in [0.717, 1.165) is 6.42 Å². The topological polar surface area (TPSA) is 193 Å². The Morgan fingerprint density at radius 2 is 1.92 bits per heavy atom. The standard InChI is InChI=1S/C34H42FN5O9S/c1-18-6-4-5-7-21-16-34(21,32(43)39-50(46,47)23-8-9-23)38-29(41)26-14-22(17-40(26)31(42)28(19(2)12-18)37-33(44)45)49-30-24-15-25(35)27(48-3)13-20(24)10-11-36-30/h5,7,10-11,13,15,18-19,21-23,26,28,37H,4,6,8-9,12,14,16-17H2,1-3H3,(H,38,41)(H,39,43)(H,44,45)/t18-,19-,21-,22-,26+,28+,34-/m1/s1. The maximum atomic E-state index is 14.7. The number of methoxy groups -OCH3 is 1. The lowest BCUT2D eigenvalue weighted by molar-refractivity contribution is -0.142. The molecule has 3 heterocycles. The molecule has 1 aromatic heterocycles. The van der Waals surface area contributed by atoms with E-state index in [2.05, 4.69) is 20.3 Å². The molecular formula is C34H42FN5O9S. The van der Waals surface area contributed by atoms with E-state index < -0.39 is 80.5 Å². The van der Waals surface area contributed by atoms with Gasteiger partial charge in [-0.3, -0.25) is 19.1 Å². The number of aromatic nitrogens is 1. The Balaban J connectivity index is 1.34. The molecule has 2 aliphatic carbocycles. The van der Waals surface area contributed by atoms with Gasteiger partial charge >= 0.3 is 6.09 Å². The van der Waals surface area contributed by atoms with Crippen LogP contribution in [0.4, 0.5) is 9.18 Å². The van der Waals surface area contributed by atoms with E-state index in [4.69, 9.17) is 9.47 Å². The second-order valence-electron chi connectivity index (χ2n) is 14.0. The van der Waals surface area contributed by atoms with Crippen molar-refractivity contribution in [2.24, 2.45) is 17.8 Å². The first kappa shape index (κ1) is 35.4. The summed E-state index contributed by atoms with van der Waals surface area (Å²) in [5.41, 5.74) is -1.56. The van der Waals surface area contributed by atoms with Gasteiger partial charge in [0.1, 0.15) is 23.7 Å². The number of hydrogen-bond donors (Lipinski definition) is 4. The second-order valence-corrected chi connectivity index (χ2v) is 16.0. The molecule has 3 fully saturated rings. The number of sulfonamides is 1. The Bertz CT molecular complexity index is 1840. The van der Waals surface area contributed by atoms with Crippen molar-refractivity contribution in [3.8, 4) is 11.6 Å². The first-order chi connectivity index (χ1) is 23.7. The normalized spacial score (nSPS) is 30.3. The molecule has 4 amide bonds. The number of nitrogens with one attached hydrogen (secondary N) is 3. The van der Waals surface area contributed by atoms with E-state index in [9.17, 15) is 37.1 Å². The molecule has 0 bridgehead atoms. The zero-order chi connectivity index (χ0) is 36.0. The number of halogens is 1. The highest BCUT2D eigenvalue weighted by Gasteiger charge is 2.62. The fraction of sp³-hybridized carbons (Fsp3) is 0.559. The Kier molecular flexibility index (Phi) is 9.68. The first-order valence-electron chi connectivity index (χ1n) is 16.9. The number of benzene rings is 1. The van der Waals surface area contributed by atoms with Crippen molar-refractivity contribution in [1.29, 1.82) is 0 Å². The molecule has 2 aliphatic heterocycles. The predicted octanol–water partition coefficient (Wildman–Crippen LogP) is 2.86. The summed E-state index contributed by atoms with van der Waals surface area (Å²) in [5, 5.41) is 15.1. The molecule has 1 saturated heterocycles. The minimum absolute atomic E-state index is 0.0280. The van der Waals surface area contributed by atoms with Gasteiger partial charge in [0.25, 0.3) is 5.91 Å². The summed E-state index contributed by atoms with van der Waals surface area (Å²) in [4.78, 5) is 59.5. The maximum absolute atomic E-state index is 14.7. The van der Waals surface area contributed by atoms with Crippen LogP contribution in [0.3, 0.4) is 0 Å². The maximum Gasteiger partial charge on any atom is 0.405 e. The van der Waals surface area contributed by atoms with Gasteiger partial charge in [0.15, 0.2) is 11.6 Å². The molecule has 50 heavy (non-hydrogen) atoms. The number of hydrogen-bond acceptors (Lipinski definition) is 9. The van der Waals surface area contributed by atoms with Crippen LogP contribution in [0, 0.1) is 23.6 Å². The van der Waals surface area contributed by atoms with Gasteiger partial charge in [-0.2, -0.15) is 0 Å². The van der Waals surface area contributed by atoms with E-state index in [0.29, 0.717) is 36.5 Å². The summed E-state index contributed by atoms with van der Waals surface area (Å²) in [7, 11) is -2.58. The third-order valence-corrected chi connectivity index (χ3v) is 12.0. The van der Waals surface area contributed by atoms with Crippen LogP contribution in [-0.2, 0) is 24.4 Å². The fourth-order valence-electron chi connectivity index (χ4n) is 7.19. The van der Waals surface area contributed by atoms with E-state index in [1.54, 1.807) is 13.0 Å². The van der Waals surface area contributed by atoms with Gasteiger partial charge in [-0.15, -0.1) is 0 Å².